The topological polar surface area (TPSA) is 90.7 Å². The van der Waals surface area contributed by atoms with Gasteiger partial charge in [0, 0.05) is 6.07 Å². The van der Waals surface area contributed by atoms with Gasteiger partial charge in [0.05, 0.1) is 30.7 Å². The maximum absolute atomic E-state index is 12.9. The van der Waals surface area contributed by atoms with E-state index in [0.717, 1.165) is 5.56 Å². The lowest BCUT2D eigenvalue weighted by atomic mass is 9.95. The SMILES string of the molecule is CCOc1cc([N+](=O)[O-])c(C(=O)NC(c2ccccc2)C(C)C)cc1OC. The first-order chi connectivity index (χ1) is 12.9. The number of methoxy groups -OCH3 is 1. The monoisotopic (exact) mass is 372 g/mol. The van der Waals surface area contributed by atoms with E-state index in [9.17, 15) is 14.9 Å². The zero-order valence-electron chi connectivity index (χ0n) is 15.9. The van der Waals surface area contributed by atoms with Crippen LogP contribution in [0.1, 0.15) is 42.7 Å². The number of carbonyl (C=O) groups is 1. The predicted octanol–water partition coefficient (Wildman–Crippen LogP) is 4.13. The molecule has 2 aromatic carbocycles. The van der Waals surface area contributed by atoms with Crippen LogP contribution >= 0.6 is 0 Å². The van der Waals surface area contributed by atoms with E-state index in [1.54, 1.807) is 6.92 Å². The Balaban J connectivity index is 2.43. The zero-order valence-corrected chi connectivity index (χ0v) is 15.9. The lowest BCUT2D eigenvalue weighted by Gasteiger charge is -2.23. The Morgan fingerprint density at radius 1 is 1.19 bits per heavy atom. The van der Waals surface area contributed by atoms with Crippen molar-refractivity contribution in [3.05, 3.63) is 63.7 Å². The lowest BCUT2D eigenvalue weighted by molar-refractivity contribution is -0.385. The predicted molar refractivity (Wildman–Crippen MR) is 102 cm³/mol. The highest BCUT2D eigenvalue weighted by molar-refractivity contribution is 5.99. The molecule has 0 heterocycles. The van der Waals surface area contributed by atoms with Gasteiger partial charge in [-0.1, -0.05) is 44.2 Å². The van der Waals surface area contributed by atoms with E-state index in [4.69, 9.17) is 9.47 Å². The molecule has 0 fully saturated rings. The minimum absolute atomic E-state index is 0.0677. The van der Waals surface area contributed by atoms with Crippen molar-refractivity contribution in [1.82, 2.24) is 5.32 Å². The molecule has 0 saturated carbocycles. The molecule has 0 aliphatic carbocycles. The average Bonchev–Trinajstić information content (AvgIpc) is 2.66. The Hall–Kier alpha value is -3.09. The Bertz CT molecular complexity index is 806. The van der Waals surface area contributed by atoms with E-state index < -0.39 is 10.8 Å². The fourth-order valence-corrected chi connectivity index (χ4v) is 2.82. The first kappa shape index (κ1) is 20.2. The Morgan fingerprint density at radius 2 is 1.85 bits per heavy atom. The smallest absolute Gasteiger partial charge is 0.286 e. The van der Waals surface area contributed by atoms with Gasteiger partial charge in [0.2, 0.25) is 0 Å². The van der Waals surface area contributed by atoms with Crippen molar-refractivity contribution in [2.24, 2.45) is 5.92 Å². The van der Waals surface area contributed by atoms with E-state index in [1.807, 2.05) is 44.2 Å². The van der Waals surface area contributed by atoms with Crippen molar-refractivity contribution in [2.75, 3.05) is 13.7 Å². The van der Waals surface area contributed by atoms with E-state index >= 15 is 0 Å². The second-order valence-electron chi connectivity index (χ2n) is 6.32. The number of amides is 1. The molecule has 0 radical (unpaired) electrons. The minimum atomic E-state index is -0.593. The number of nitro groups is 1. The second-order valence-corrected chi connectivity index (χ2v) is 6.32. The molecule has 0 bridgehead atoms. The van der Waals surface area contributed by atoms with Crippen LogP contribution in [0, 0.1) is 16.0 Å². The minimum Gasteiger partial charge on any atom is -0.493 e. The summed E-state index contributed by atoms with van der Waals surface area (Å²) in [6, 6.07) is 11.8. The largest absolute Gasteiger partial charge is 0.493 e. The summed E-state index contributed by atoms with van der Waals surface area (Å²) in [5, 5.41) is 14.4. The maximum atomic E-state index is 12.9. The van der Waals surface area contributed by atoms with Crippen LogP contribution in [0.4, 0.5) is 5.69 Å². The number of rotatable bonds is 8. The summed E-state index contributed by atoms with van der Waals surface area (Å²) in [5.41, 5.74) is 0.538. The molecule has 7 heteroatoms. The first-order valence-electron chi connectivity index (χ1n) is 8.74. The molecule has 0 aliphatic heterocycles. The standard InChI is InChI=1S/C20H24N2O5/c1-5-27-18-12-16(22(24)25)15(11-17(18)26-4)20(23)21-19(13(2)3)14-9-7-6-8-10-14/h6-13,19H,5H2,1-4H3,(H,21,23). The number of ether oxygens (including phenoxy) is 2. The number of hydrogen-bond acceptors (Lipinski definition) is 5. The third kappa shape index (κ3) is 4.75. The zero-order chi connectivity index (χ0) is 20.0. The van der Waals surface area contributed by atoms with E-state index in [1.165, 1.54) is 19.2 Å². The second kappa shape index (κ2) is 9.02. The summed E-state index contributed by atoms with van der Waals surface area (Å²) in [4.78, 5) is 23.8. The van der Waals surface area contributed by atoms with Gasteiger partial charge in [-0.05, 0) is 18.4 Å². The summed E-state index contributed by atoms with van der Waals surface area (Å²) in [6.45, 7) is 6.04. The van der Waals surface area contributed by atoms with Crippen molar-refractivity contribution in [3.8, 4) is 11.5 Å². The molecule has 7 nitrogen and oxygen atoms in total. The summed E-state index contributed by atoms with van der Waals surface area (Å²) < 4.78 is 10.6. The molecule has 144 valence electrons. The van der Waals surface area contributed by atoms with Crippen LogP contribution in [-0.2, 0) is 0 Å². The first-order valence-corrected chi connectivity index (χ1v) is 8.74. The van der Waals surface area contributed by atoms with Gasteiger partial charge in [-0.25, -0.2) is 0 Å². The van der Waals surface area contributed by atoms with Gasteiger partial charge in [-0.2, -0.15) is 0 Å². The Labute approximate surface area is 158 Å². The quantitative estimate of drug-likeness (QED) is 0.556. The number of nitro benzene ring substituents is 1. The molecule has 0 saturated heterocycles. The molecule has 27 heavy (non-hydrogen) atoms. The van der Waals surface area contributed by atoms with Crippen molar-refractivity contribution in [2.45, 2.75) is 26.8 Å². The molecule has 1 N–H and O–H groups in total. The van der Waals surface area contributed by atoms with Crippen molar-refractivity contribution in [3.63, 3.8) is 0 Å². The van der Waals surface area contributed by atoms with Crippen LogP contribution in [0.5, 0.6) is 11.5 Å². The van der Waals surface area contributed by atoms with Crippen LogP contribution in [0.15, 0.2) is 42.5 Å². The van der Waals surface area contributed by atoms with Crippen molar-refractivity contribution < 1.29 is 19.2 Å². The van der Waals surface area contributed by atoms with Gasteiger partial charge in [-0.15, -0.1) is 0 Å². The fourth-order valence-electron chi connectivity index (χ4n) is 2.82. The third-order valence-corrected chi connectivity index (χ3v) is 4.14. The van der Waals surface area contributed by atoms with Crippen LogP contribution in [0.3, 0.4) is 0 Å². The lowest BCUT2D eigenvalue weighted by Crippen LogP contribution is -2.32. The van der Waals surface area contributed by atoms with Gasteiger partial charge in [0.15, 0.2) is 11.5 Å². The maximum Gasteiger partial charge on any atom is 0.286 e. The molecule has 1 amide bonds. The Morgan fingerprint density at radius 3 is 2.37 bits per heavy atom. The molecular weight excluding hydrogens is 348 g/mol. The fraction of sp³-hybridized carbons (Fsp3) is 0.350. The third-order valence-electron chi connectivity index (χ3n) is 4.14. The summed E-state index contributed by atoms with van der Waals surface area (Å²) in [6.07, 6.45) is 0. The highest BCUT2D eigenvalue weighted by Gasteiger charge is 2.27. The number of carbonyl (C=O) groups excluding carboxylic acids is 1. The van der Waals surface area contributed by atoms with Gasteiger partial charge in [-0.3, -0.25) is 14.9 Å². The number of nitrogens with one attached hydrogen (secondary N) is 1. The summed E-state index contributed by atoms with van der Waals surface area (Å²) >= 11 is 0. The van der Waals surface area contributed by atoms with E-state index in [0.29, 0.717) is 6.61 Å². The molecule has 1 unspecified atom stereocenters. The van der Waals surface area contributed by atoms with Crippen LogP contribution < -0.4 is 14.8 Å². The van der Waals surface area contributed by atoms with Crippen LogP contribution in [0.25, 0.3) is 0 Å². The van der Waals surface area contributed by atoms with E-state index in [-0.39, 0.29) is 34.7 Å². The number of benzene rings is 2. The molecule has 0 spiro atoms. The molecule has 2 rings (SSSR count). The summed E-state index contributed by atoms with van der Waals surface area (Å²) in [7, 11) is 1.42. The molecule has 2 aromatic rings. The number of hydrogen-bond donors (Lipinski definition) is 1. The summed E-state index contributed by atoms with van der Waals surface area (Å²) in [5.74, 6) is 0.0609. The van der Waals surface area contributed by atoms with Crippen molar-refractivity contribution >= 4 is 11.6 Å². The highest BCUT2D eigenvalue weighted by Crippen LogP contribution is 2.35. The number of nitrogens with zero attached hydrogens (tertiary/aromatic N) is 1. The van der Waals surface area contributed by atoms with Gasteiger partial charge < -0.3 is 14.8 Å². The average molecular weight is 372 g/mol. The van der Waals surface area contributed by atoms with Crippen LogP contribution in [-0.4, -0.2) is 24.5 Å². The Kier molecular flexibility index (Phi) is 6.76. The van der Waals surface area contributed by atoms with Crippen molar-refractivity contribution in [1.29, 1.82) is 0 Å². The van der Waals surface area contributed by atoms with E-state index in [2.05, 4.69) is 5.32 Å². The normalized spacial score (nSPS) is 11.7. The molecular formula is C20H24N2O5. The molecule has 1 atom stereocenters. The molecule has 0 aliphatic rings. The highest BCUT2D eigenvalue weighted by atomic mass is 16.6. The van der Waals surface area contributed by atoms with Crippen LogP contribution in [0.2, 0.25) is 0 Å². The molecule has 0 aromatic heterocycles. The van der Waals surface area contributed by atoms with Gasteiger partial charge >= 0.3 is 0 Å². The van der Waals surface area contributed by atoms with Gasteiger partial charge in [0.1, 0.15) is 5.56 Å². The van der Waals surface area contributed by atoms with Gasteiger partial charge in [0.25, 0.3) is 11.6 Å².